The molecule has 106 valence electrons. The average Bonchev–Trinajstić information content (AvgIpc) is 2.96. The standard InChI is InChI=1S/C15H16FNO3/c1-9-12(18)6-11-2-3-13(17-15(11)14(9)16)20-8-10-4-5-19-7-10/h2-3,6,10,18H,4-5,7-8H2,1H3. The highest BCUT2D eigenvalue weighted by atomic mass is 19.1. The van der Waals surface area contributed by atoms with Gasteiger partial charge in [0.15, 0.2) is 5.82 Å². The molecular weight excluding hydrogens is 261 g/mol. The SMILES string of the molecule is Cc1c(O)cc2ccc(OCC3CCOC3)nc2c1F. The zero-order chi connectivity index (χ0) is 14.1. The average molecular weight is 277 g/mol. The van der Waals surface area contributed by atoms with Gasteiger partial charge in [-0.15, -0.1) is 0 Å². The fourth-order valence-corrected chi connectivity index (χ4v) is 2.29. The first-order valence-corrected chi connectivity index (χ1v) is 6.64. The van der Waals surface area contributed by atoms with Crippen LogP contribution in [-0.4, -0.2) is 29.9 Å². The first-order valence-electron chi connectivity index (χ1n) is 6.64. The summed E-state index contributed by atoms with van der Waals surface area (Å²) in [7, 11) is 0. The lowest BCUT2D eigenvalue weighted by molar-refractivity contribution is 0.165. The van der Waals surface area contributed by atoms with Gasteiger partial charge in [0.05, 0.1) is 13.2 Å². The van der Waals surface area contributed by atoms with Crippen LogP contribution in [0.5, 0.6) is 11.6 Å². The summed E-state index contributed by atoms with van der Waals surface area (Å²) in [5.74, 6) is 0.204. The van der Waals surface area contributed by atoms with Crippen molar-refractivity contribution in [3.8, 4) is 11.6 Å². The summed E-state index contributed by atoms with van der Waals surface area (Å²) in [4.78, 5) is 4.19. The Morgan fingerprint density at radius 2 is 2.35 bits per heavy atom. The largest absolute Gasteiger partial charge is 0.508 e. The molecule has 2 aromatic rings. The number of aromatic hydroxyl groups is 1. The topological polar surface area (TPSA) is 51.6 Å². The van der Waals surface area contributed by atoms with Crippen molar-refractivity contribution in [1.29, 1.82) is 0 Å². The van der Waals surface area contributed by atoms with Crippen LogP contribution in [0.3, 0.4) is 0 Å². The Bertz CT molecular complexity index is 639. The van der Waals surface area contributed by atoms with E-state index >= 15 is 0 Å². The molecule has 1 fully saturated rings. The zero-order valence-corrected chi connectivity index (χ0v) is 11.2. The maximum atomic E-state index is 14.1. The molecule has 3 rings (SSSR count). The highest BCUT2D eigenvalue weighted by Crippen LogP contribution is 2.28. The highest BCUT2D eigenvalue weighted by Gasteiger charge is 2.17. The summed E-state index contributed by atoms with van der Waals surface area (Å²) in [5.41, 5.74) is 0.423. The molecule has 1 aromatic carbocycles. The van der Waals surface area contributed by atoms with E-state index in [4.69, 9.17) is 9.47 Å². The van der Waals surface area contributed by atoms with Crippen molar-refractivity contribution in [2.75, 3.05) is 19.8 Å². The van der Waals surface area contributed by atoms with Crippen molar-refractivity contribution in [3.05, 3.63) is 29.6 Å². The lowest BCUT2D eigenvalue weighted by Gasteiger charge is -2.11. The van der Waals surface area contributed by atoms with Gasteiger partial charge >= 0.3 is 0 Å². The number of halogens is 1. The molecule has 1 aromatic heterocycles. The number of phenols is 1. The number of pyridine rings is 1. The van der Waals surface area contributed by atoms with Crippen LogP contribution >= 0.6 is 0 Å². The van der Waals surface area contributed by atoms with E-state index in [-0.39, 0.29) is 16.8 Å². The first kappa shape index (κ1) is 13.1. The van der Waals surface area contributed by atoms with Crippen LogP contribution in [0.15, 0.2) is 18.2 Å². The van der Waals surface area contributed by atoms with Crippen LogP contribution < -0.4 is 4.74 Å². The van der Waals surface area contributed by atoms with E-state index in [0.29, 0.717) is 30.4 Å². The number of hydrogen-bond donors (Lipinski definition) is 1. The van der Waals surface area contributed by atoms with Crippen molar-refractivity contribution in [2.45, 2.75) is 13.3 Å². The second-order valence-electron chi connectivity index (χ2n) is 5.10. The molecule has 1 saturated heterocycles. The third-order valence-corrected chi connectivity index (χ3v) is 3.61. The molecule has 0 spiro atoms. The third-order valence-electron chi connectivity index (χ3n) is 3.61. The van der Waals surface area contributed by atoms with Gasteiger partial charge in [-0.1, -0.05) is 0 Å². The van der Waals surface area contributed by atoms with Gasteiger partial charge in [-0.2, -0.15) is 0 Å². The molecule has 1 unspecified atom stereocenters. The summed E-state index contributed by atoms with van der Waals surface area (Å²) in [6.07, 6.45) is 0.981. The van der Waals surface area contributed by atoms with Gasteiger partial charge < -0.3 is 14.6 Å². The minimum absolute atomic E-state index is 0.0615. The maximum Gasteiger partial charge on any atom is 0.213 e. The molecule has 1 N–H and O–H groups in total. The number of rotatable bonds is 3. The lowest BCUT2D eigenvalue weighted by Crippen LogP contribution is -2.12. The number of aromatic nitrogens is 1. The zero-order valence-electron chi connectivity index (χ0n) is 11.2. The Morgan fingerprint density at radius 3 is 3.10 bits per heavy atom. The minimum atomic E-state index is -0.505. The maximum absolute atomic E-state index is 14.1. The normalized spacial score (nSPS) is 18.6. The van der Waals surface area contributed by atoms with Crippen LogP contribution in [0.2, 0.25) is 0 Å². The van der Waals surface area contributed by atoms with Gasteiger partial charge in [-0.25, -0.2) is 9.37 Å². The predicted octanol–water partition coefficient (Wildman–Crippen LogP) is 2.80. The van der Waals surface area contributed by atoms with Crippen molar-refractivity contribution < 1.29 is 19.0 Å². The molecule has 0 amide bonds. The smallest absolute Gasteiger partial charge is 0.213 e. The summed E-state index contributed by atoms with van der Waals surface area (Å²) < 4.78 is 25.0. The monoisotopic (exact) mass is 277 g/mol. The number of nitrogens with zero attached hydrogens (tertiary/aromatic N) is 1. The molecule has 0 bridgehead atoms. The predicted molar refractivity (Wildman–Crippen MR) is 72.5 cm³/mol. The first-order chi connectivity index (χ1) is 9.65. The van der Waals surface area contributed by atoms with Crippen LogP contribution in [0.25, 0.3) is 10.9 Å². The van der Waals surface area contributed by atoms with E-state index in [2.05, 4.69) is 4.98 Å². The molecule has 0 saturated carbocycles. The number of fused-ring (bicyclic) bond motifs is 1. The van der Waals surface area contributed by atoms with Crippen molar-refractivity contribution >= 4 is 10.9 Å². The van der Waals surface area contributed by atoms with Crippen molar-refractivity contribution in [2.24, 2.45) is 5.92 Å². The third kappa shape index (κ3) is 2.41. The molecular formula is C15H16FNO3. The van der Waals surface area contributed by atoms with Gasteiger partial charge in [0.1, 0.15) is 11.3 Å². The molecule has 1 atom stereocenters. The summed E-state index contributed by atoms with van der Waals surface area (Å²) in [6, 6.07) is 4.90. The Hall–Kier alpha value is -1.88. The minimum Gasteiger partial charge on any atom is -0.508 e. The second-order valence-corrected chi connectivity index (χ2v) is 5.10. The number of phenolic OH excluding ortho intramolecular Hbond substituents is 1. The summed E-state index contributed by atoms with van der Waals surface area (Å²) in [6.45, 7) is 3.52. The van der Waals surface area contributed by atoms with E-state index < -0.39 is 5.82 Å². The number of benzene rings is 1. The Kier molecular flexibility index (Phi) is 3.44. The molecule has 20 heavy (non-hydrogen) atoms. The van der Waals surface area contributed by atoms with Crippen LogP contribution in [0.1, 0.15) is 12.0 Å². The van der Waals surface area contributed by atoms with Crippen molar-refractivity contribution in [3.63, 3.8) is 0 Å². The van der Waals surface area contributed by atoms with Crippen LogP contribution in [0.4, 0.5) is 4.39 Å². The number of ether oxygens (including phenoxy) is 2. The molecule has 2 heterocycles. The van der Waals surface area contributed by atoms with Crippen molar-refractivity contribution in [1.82, 2.24) is 4.98 Å². The lowest BCUT2D eigenvalue weighted by atomic mass is 10.1. The van der Waals surface area contributed by atoms with Gasteiger partial charge in [0.2, 0.25) is 5.88 Å². The second kappa shape index (κ2) is 5.25. The van der Waals surface area contributed by atoms with E-state index in [0.717, 1.165) is 13.0 Å². The van der Waals surface area contributed by atoms with E-state index in [1.807, 2.05) is 0 Å². The summed E-state index contributed by atoms with van der Waals surface area (Å²) in [5, 5.41) is 10.2. The Morgan fingerprint density at radius 1 is 1.50 bits per heavy atom. The number of hydrogen-bond acceptors (Lipinski definition) is 4. The highest BCUT2D eigenvalue weighted by molar-refractivity contribution is 5.82. The van der Waals surface area contributed by atoms with Gasteiger partial charge in [0, 0.05) is 29.5 Å². The molecule has 0 radical (unpaired) electrons. The molecule has 0 aliphatic carbocycles. The van der Waals surface area contributed by atoms with Crippen LogP contribution in [0, 0.1) is 18.7 Å². The fraction of sp³-hybridized carbons (Fsp3) is 0.400. The summed E-state index contributed by atoms with van der Waals surface area (Å²) >= 11 is 0. The van der Waals surface area contributed by atoms with Crippen LogP contribution in [-0.2, 0) is 4.74 Å². The molecule has 4 nitrogen and oxygen atoms in total. The van der Waals surface area contributed by atoms with E-state index in [1.54, 1.807) is 12.1 Å². The van der Waals surface area contributed by atoms with Gasteiger partial charge in [0.25, 0.3) is 0 Å². The molecule has 1 aliphatic heterocycles. The molecule has 1 aliphatic rings. The van der Waals surface area contributed by atoms with Gasteiger partial charge in [-0.3, -0.25) is 0 Å². The quantitative estimate of drug-likeness (QED) is 0.937. The molecule has 5 heteroatoms. The van der Waals surface area contributed by atoms with E-state index in [1.165, 1.54) is 13.0 Å². The van der Waals surface area contributed by atoms with E-state index in [9.17, 15) is 9.50 Å². The fourth-order valence-electron chi connectivity index (χ4n) is 2.29. The van der Waals surface area contributed by atoms with Gasteiger partial charge in [-0.05, 0) is 25.5 Å². The Balaban J connectivity index is 1.86. The Labute approximate surface area is 116 Å².